The third-order valence-corrected chi connectivity index (χ3v) is 8.49. The number of hydrogen-bond acceptors (Lipinski definition) is 4. The summed E-state index contributed by atoms with van der Waals surface area (Å²) in [5, 5.41) is 0. The highest BCUT2D eigenvalue weighted by Crippen LogP contribution is 2.40. The molecular weight excluding hydrogens is 520 g/mol. The molecule has 4 nitrogen and oxygen atoms in total. The van der Waals surface area contributed by atoms with Gasteiger partial charge in [-0.15, -0.1) is 0 Å². The summed E-state index contributed by atoms with van der Waals surface area (Å²) in [4.78, 5) is 10.8. The van der Waals surface area contributed by atoms with Gasteiger partial charge in [0.05, 0.1) is 6.61 Å². The first-order valence-corrected chi connectivity index (χ1v) is 16.7. The second-order valence-electron chi connectivity index (χ2n) is 14.0. The zero-order chi connectivity index (χ0) is 31.6. The molecule has 1 aliphatic heterocycles. The van der Waals surface area contributed by atoms with E-state index in [9.17, 15) is 4.79 Å². The molecule has 4 heteroatoms. The lowest BCUT2D eigenvalue weighted by Gasteiger charge is -2.31. The SMILES string of the molecule is C=C1Oc2cc(OCCCCCCCCCCCCCOC)ccc2C(CC)=C1C.CC(CC(C)(C)C)C(C)(C)C=O. The van der Waals surface area contributed by atoms with Gasteiger partial charge < -0.3 is 19.0 Å². The lowest BCUT2D eigenvalue weighted by atomic mass is 9.73. The van der Waals surface area contributed by atoms with Gasteiger partial charge in [-0.25, -0.2) is 0 Å². The van der Waals surface area contributed by atoms with Crippen LogP contribution in [0.4, 0.5) is 0 Å². The van der Waals surface area contributed by atoms with Crippen LogP contribution in [0.1, 0.15) is 144 Å². The van der Waals surface area contributed by atoms with Crippen LogP contribution in [0, 0.1) is 16.7 Å². The van der Waals surface area contributed by atoms with Gasteiger partial charge in [0.25, 0.3) is 0 Å². The number of carbonyl (C=O) groups is 1. The smallest absolute Gasteiger partial charge is 0.138 e. The molecule has 1 heterocycles. The summed E-state index contributed by atoms with van der Waals surface area (Å²) in [6.45, 7) is 22.8. The minimum absolute atomic E-state index is 0.173. The molecule has 1 unspecified atom stereocenters. The molecule has 0 radical (unpaired) electrons. The number of rotatable bonds is 19. The quantitative estimate of drug-likeness (QED) is 0.120. The number of fused-ring (bicyclic) bond motifs is 1. The van der Waals surface area contributed by atoms with Gasteiger partial charge >= 0.3 is 0 Å². The highest BCUT2D eigenvalue weighted by atomic mass is 16.5. The Morgan fingerprint density at radius 1 is 0.881 bits per heavy atom. The van der Waals surface area contributed by atoms with Crippen LogP contribution in [0.25, 0.3) is 5.57 Å². The fourth-order valence-corrected chi connectivity index (χ4v) is 5.39. The van der Waals surface area contributed by atoms with E-state index in [0.717, 1.165) is 61.6 Å². The number of hydrogen-bond donors (Lipinski definition) is 0. The first kappa shape index (κ1) is 38.0. The molecule has 0 aliphatic carbocycles. The number of aldehydes is 1. The third-order valence-electron chi connectivity index (χ3n) is 8.49. The number of methoxy groups -OCH3 is 1. The Morgan fingerprint density at radius 3 is 1.88 bits per heavy atom. The number of ether oxygens (including phenoxy) is 3. The second kappa shape index (κ2) is 20.0. The topological polar surface area (TPSA) is 44.8 Å². The van der Waals surface area contributed by atoms with Crippen LogP contribution in [-0.4, -0.2) is 26.6 Å². The average molecular weight is 585 g/mol. The third kappa shape index (κ3) is 14.9. The van der Waals surface area contributed by atoms with Gasteiger partial charge in [0, 0.05) is 30.8 Å². The van der Waals surface area contributed by atoms with E-state index in [4.69, 9.17) is 14.2 Å². The average Bonchev–Trinajstić information content (AvgIpc) is 2.93. The first-order valence-electron chi connectivity index (χ1n) is 16.7. The standard InChI is InChI=1S/C27H42O3.C11H22O/c1-5-25-22(2)23(3)30-27-21-24(17-18-26(25)27)29-20-16-14-12-10-8-6-7-9-11-13-15-19-28-4;1-9(7-10(2,3)4)11(5,6)8-12/h17-18,21H,3,5-16,19-20H2,1-2,4H3;8-9H,7H2,1-6H3. The van der Waals surface area contributed by atoms with E-state index in [-0.39, 0.29) is 5.41 Å². The molecule has 240 valence electrons. The van der Waals surface area contributed by atoms with E-state index in [1.54, 1.807) is 7.11 Å². The predicted octanol–water partition coefficient (Wildman–Crippen LogP) is 11.4. The summed E-state index contributed by atoms with van der Waals surface area (Å²) in [6.07, 6.45) is 17.6. The fraction of sp³-hybridized carbons (Fsp3) is 0.711. The van der Waals surface area contributed by atoms with Crippen molar-refractivity contribution in [3.8, 4) is 11.5 Å². The van der Waals surface area contributed by atoms with E-state index >= 15 is 0 Å². The van der Waals surface area contributed by atoms with E-state index in [2.05, 4.69) is 60.3 Å². The second-order valence-corrected chi connectivity index (χ2v) is 14.0. The molecule has 1 atom stereocenters. The number of allylic oxidation sites excluding steroid dienone is 2. The van der Waals surface area contributed by atoms with Crippen LogP contribution >= 0.6 is 0 Å². The van der Waals surface area contributed by atoms with Gasteiger partial charge in [-0.3, -0.25) is 0 Å². The zero-order valence-electron chi connectivity index (χ0n) is 28.8. The maximum Gasteiger partial charge on any atom is 0.138 e. The van der Waals surface area contributed by atoms with E-state index in [0.29, 0.717) is 11.3 Å². The summed E-state index contributed by atoms with van der Waals surface area (Å²) in [5.41, 5.74) is 3.79. The van der Waals surface area contributed by atoms with Crippen molar-refractivity contribution in [2.75, 3.05) is 20.3 Å². The van der Waals surface area contributed by atoms with Crippen LogP contribution in [0.2, 0.25) is 0 Å². The summed E-state index contributed by atoms with van der Waals surface area (Å²) < 4.78 is 17.0. The van der Waals surface area contributed by atoms with E-state index in [1.807, 2.05) is 19.9 Å². The zero-order valence-corrected chi connectivity index (χ0v) is 28.8. The fourth-order valence-electron chi connectivity index (χ4n) is 5.39. The highest BCUT2D eigenvalue weighted by Gasteiger charge is 2.28. The minimum atomic E-state index is -0.173. The molecule has 0 fully saturated rings. The van der Waals surface area contributed by atoms with Crippen LogP contribution in [0.5, 0.6) is 11.5 Å². The molecule has 0 saturated carbocycles. The lowest BCUT2D eigenvalue weighted by Crippen LogP contribution is -2.27. The Hall–Kier alpha value is -2.07. The van der Waals surface area contributed by atoms with E-state index < -0.39 is 0 Å². The van der Waals surface area contributed by atoms with Crippen molar-refractivity contribution in [3.05, 3.63) is 41.7 Å². The van der Waals surface area contributed by atoms with Gasteiger partial charge in [-0.05, 0) is 67.2 Å². The largest absolute Gasteiger partial charge is 0.493 e. The summed E-state index contributed by atoms with van der Waals surface area (Å²) >= 11 is 0. The molecular formula is C38H64O4. The molecule has 0 spiro atoms. The number of carbonyl (C=O) groups excluding carboxylic acids is 1. The maximum atomic E-state index is 10.8. The Balaban J connectivity index is 0.000000619. The molecule has 0 amide bonds. The Bertz CT molecular complexity index is 950. The van der Waals surface area contributed by atoms with Crippen LogP contribution in [0.15, 0.2) is 36.1 Å². The van der Waals surface area contributed by atoms with Crippen LogP contribution in [0.3, 0.4) is 0 Å². The van der Waals surface area contributed by atoms with Gasteiger partial charge in [-0.2, -0.15) is 0 Å². The van der Waals surface area contributed by atoms with Crippen LogP contribution in [-0.2, 0) is 9.53 Å². The molecule has 1 aromatic carbocycles. The monoisotopic (exact) mass is 584 g/mol. The van der Waals surface area contributed by atoms with Crippen molar-refractivity contribution in [1.82, 2.24) is 0 Å². The predicted molar refractivity (Wildman–Crippen MR) is 180 cm³/mol. The number of unbranched alkanes of at least 4 members (excludes halogenated alkanes) is 10. The molecule has 42 heavy (non-hydrogen) atoms. The summed E-state index contributed by atoms with van der Waals surface area (Å²) in [7, 11) is 1.78. The van der Waals surface area contributed by atoms with Crippen molar-refractivity contribution in [2.45, 2.75) is 139 Å². The molecule has 0 bridgehead atoms. The summed E-state index contributed by atoms with van der Waals surface area (Å²) in [5.74, 6) is 2.97. The Morgan fingerprint density at radius 2 is 1.40 bits per heavy atom. The highest BCUT2D eigenvalue weighted by molar-refractivity contribution is 5.78. The molecule has 1 aliphatic rings. The molecule has 0 aromatic heterocycles. The van der Waals surface area contributed by atoms with Crippen molar-refractivity contribution >= 4 is 11.9 Å². The molecule has 0 N–H and O–H groups in total. The van der Waals surface area contributed by atoms with E-state index in [1.165, 1.54) is 75.3 Å². The van der Waals surface area contributed by atoms with Gasteiger partial charge in [0.1, 0.15) is 23.5 Å². The lowest BCUT2D eigenvalue weighted by molar-refractivity contribution is -0.117. The minimum Gasteiger partial charge on any atom is -0.493 e. The Labute approximate surface area is 259 Å². The Kier molecular flexibility index (Phi) is 18.1. The first-order chi connectivity index (χ1) is 19.9. The summed E-state index contributed by atoms with van der Waals surface area (Å²) in [6, 6.07) is 6.20. The number of benzene rings is 1. The molecule has 1 aromatic rings. The van der Waals surface area contributed by atoms with Gasteiger partial charge in [-0.1, -0.05) is 113 Å². The maximum absolute atomic E-state index is 10.8. The molecule has 2 rings (SSSR count). The molecule has 0 saturated heterocycles. The van der Waals surface area contributed by atoms with Crippen molar-refractivity contribution < 1.29 is 19.0 Å². The van der Waals surface area contributed by atoms with Gasteiger partial charge in [0.15, 0.2) is 0 Å². The normalized spacial score (nSPS) is 14.1. The van der Waals surface area contributed by atoms with Crippen molar-refractivity contribution in [2.24, 2.45) is 16.7 Å². The van der Waals surface area contributed by atoms with Gasteiger partial charge in [0.2, 0.25) is 0 Å². The van der Waals surface area contributed by atoms with Crippen molar-refractivity contribution in [1.29, 1.82) is 0 Å². The van der Waals surface area contributed by atoms with Crippen molar-refractivity contribution in [3.63, 3.8) is 0 Å². The van der Waals surface area contributed by atoms with Crippen LogP contribution < -0.4 is 9.47 Å².